The van der Waals surface area contributed by atoms with Gasteiger partial charge >= 0.3 is 12.1 Å². The molecule has 0 fully saturated rings. The highest BCUT2D eigenvalue weighted by Gasteiger charge is 2.15. The lowest BCUT2D eigenvalue weighted by atomic mass is 10.2. The Hall–Kier alpha value is -1.85. The number of nitrogens with one attached hydrogen (secondary N) is 1. The van der Waals surface area contributed by atoms with Crippen molar-refractivity contribution in [1.29, 1.82) is 0 Å². The second-order valence-corrected chi connectivity index (χ2v) is 4.82. The largest absolute Gasteiger partial charge is 0.462 e. The fourth-order valence-corrected chi connectivity index (χ4v) is 1.06. The molecule has 0 unspecified atom stereocenters. The van der Waals surface area contributed by atoms with Crippen molar-refractivity contribution in [2.75, 3.05) is 13.2 Å². The van der Waals surface area contributed by atoms with Crippen molar-refractivity contribution in [1.82, 2.24) is 15.3 Å². The van der Waals surface area contributed by atoms with Crippen molar-refractivity contribution in [3.63, 3.8) is 0 Å². The molecule has 1 rings (SSSR count). The molecule has 6 heteroatoms. The smallest absolute Gasteiger partial charge is 0.407 e. The van der Waals surface area contributed by atoms with E-state index in [9.17, 15) is 4.79 Å². The first kappa shape index (κ1) is 14.2. The van der Waals surface area contributed by atoms with Crippen LogP contribution < -0.4 is 10.1 Å². The van der Waals surface area contributed by atoms with Gasteiger partial charge in [-0.15, -0.1) is 0 Å². The van der Waals surface area contributed by atoms with Crippen LogP contribution in [0.1, 0.15) is 26.3 Å². The normalized spacial score (nSPS) is 10.9. The van der Waals surface area contributed by atoms with Crippen LogP contribution in [-0.4, -0.2) is 34.8 Å². The second-order valence-electron chi connectivity index (χ2n) is 4.82. The Morgan fingerprint density at radius 1 is 1.33 bits per heavy atom. The summed E-state index contributed by atoms with van der Waals surface area (Å²) in [6.07, 6.45) is 2.88. The number of ether oxygens (including phenoxy) is 2. The van der Waals surface area contributed by atoms with Crippen LogP contribution in [0.5, 0.6) is 6.01 Å². The number of aromatic nitrogens is 2. The summed E-state index contributed by atoms with van der Waals surface area (Å²) in [5, 5.41) is 2.58. The minimum absolute atomic E-state index is 0.294. The van der Waals surface area contributed by atoms with Crippen molar-refractivity contribution in [2.45, 2.75) is 33.3 Å². The number of hydrogen-bond donors (Lipinski definition) is 1. The minimum atomic E-state index is -0.495. The summed E-state index contributed by atoms with van der Waals surface area (Å²) in [6, 6.07) is 0.298. The molecule has 1 aromatic heterocycles. The van der Waals surface area contributed by atoms with Crippen LogP contribution in [0.3, 0.4) is 0 Å². The molecule has 0 aliphatic heterocycles. The number of nitrogens with zero attached hydrogens (tertiary/aromatic N) is 2. The SMILES string of the molecule is Cc1cnc(OCCNC(=O)OC(C)(C)C)nc1. The molecule has 0 saturated heterocycles. The van der Waals surface area contributed by atoms with E-state index >= 15 is 0 Å². The summed E-state index contributed by atoms with van der Waals surface area (Å²) in [5.41, 5.74) is 0.472. The Labute approximate surface area is 107 Å². The van der Waals surface area contributed by atoms with Crippen LogP contribution in [0, 0.1) is 6.92 Å². The highest BCUT2D eigenvalue weighted by Crippen LogP contribution is 2.06. The van der Waals surface area contributed by atoms with E-state index in [2.05, 4.69) is 15.3 Å². The number of hydrogen-bond acceptors (Lipinski definition) is 5. The molecular formula is C12H19N3O3. The van der Waals surface area contributed by atoms with E-state index in [0.717, 1.165) is 5.56 Å². The van der Waals surface area contributed by atoms with Gasteiger partial charge in [0.15, 0.2) is 0 Å². The van der Waals surface area contributed by atoms with Gasteiger partial charge in [-0.1, -0.05) is 0 Å². The van der Waals surface area contributed by atoms with Crippen molar-refractivity contribution < 1.29 is 14.3 Å². The second kappa shape index (κ2) is 6.18. The Morgan fingerprint density at radius 2 is 1.94 bits per heavy atom. The molecule has 0 aromatic carbocycles. The van der Waals surface area contributed by atoms with E-state index in [0.29, 0.717) is 19.2 Å². The highest BCUT2D eigenvalue weighted by molar-refractivity contribution is 5.67. The molecule has 1 amide bonds. The van der Waals surface area contributed by atoms with E-state index < -0.39 is 11.7 Å². The summed E-state index contributed by atoms with van der Waals surface area (Å²) >= 11 is 0. The highest BCUT2D eigenvalue weighted by atomic mass is 16.6. The summed E-state index contributed by atoms with van der Waals surface area (Å²) in [4.78, 5) is 19.2. The van der Waals surface area contributed by atoms with Gasteiger partial charge in [0.2, 0.25) is 0 Å². The van der Waals surface area contributed by atoms with Gasteiger partial charge in [-0.25, -0.2) is 14.8 Å². The van der Waals surface area contributed by atoms with Crippen LogP contribution in [0.2, 0.25) is 0 Å². The third kappa shape index (κ3) is 6.03. The van der Waals surface area contributed by atoms with E-state index in [4.69, 9.17) is 9.47 Å². The first-order chi connectivity index (χ1) is 8.37. The molecule has 1 heterocycles. The molecule has 0 spiro atoms. The van der Waals surface area contributed by atoms with Crippen LogP contribution >= 0.6 is 0 Å². The molecule has 0 bridgehead atoms. The molecule has 100 valence electrons. The zero-order valence-corrected chi connectivity index (χ0v) is 11.2. The third-order valence-electron chi connectivity index (χ3n) is 1.76. The summed E-state index contributed by atoms with van der Waals surface area (Å²) in [5.74, 6) is 0. The fourth-order valence-electron chi connectivity index (χ4n) is 1.06. The van der Waals surface area contributed by atoms with E-state index in [-0.39, 0.29) is 0 Å². The van der Waals surface area contributed by atoms with Crippen molar-refractivity contribution in [3.8, 4) is 6.01 Å². The summed E-state index contributed by atoms with van der Waals surface area (Å²) in [7, 11) is 0. The standard InChI is InChI=1S/C12H19N3O3/c1-9-7-14-10(15-8-9)17-6-5-13-11(16)18-12(2,3)4/h7-8H,5-6H2,1-4H3,(H,13,16). The molecule has 1 N–H and O–H groups in total. The molecule has 0 aliphatic carbocycles. The number of alkyl carbamates (subject to hydrolysis) is 1. The number of amides is 1. The van der Waals surface area contributed by atoms with E-state index in [1.807, 2.05) is 27.7 Å². The maximum absolute atomic E-state index is 11.3. The van der Waals surface area contributed by atoms with Gasteiger partial charge in [-0.05, 0) is 33.3 Å². The zero-order chi connectivity index (χ0) is 13.6. The maximum atomic E-state index is 11.3. The Bertz CT molecular complexity index is 385. The molecule has 0 saturated carbocycles. The third-order valence-corrected chi connectivity index (χ3v) is 1.76. The van der Waals surface area contributed by atoms with Crippen molar-refractivity contribution in [3.05, 3.63) is 18.0 Å². The van der Waals surface area contributed by atoms with Crippen LogP contribution in [0.25, 0.3) is 0 Å². The van der Waals surface area contributed by atoms with Crippen LogP contribution in [0.4, 0.5) is 4.79 Å². The predicted octanol–water partition coefficient (Wildman–Crippen LogP) is 1.69. The molecular weight excluding hydrogens is 234 g/mol. The van der Waals surface area contributed by atoms with Gasteiger partial charge in [0.1, 0.15) is 12.2 Å². The zero-order valence-electron chi connectivity index (χ0n) is 11.2. The topological polar surface area (TPSA) is 73.3 Å². The lowest BCUT2D eigenvalue weighted by Crippen LogP contribution is -2.34. The van der Waals surface area contributed by atoms with Gasteiger partial charge in [-0.3, -0.25) is 0 Å². The van der Waals surface area contributed by atoms with Gasteiger partial charge in [0.25, 0.3) is 0 Å². The first-order valence-electron chi connectivity index (χ1n) is 5.75. The fraction of sp³-hybridized carbons (Fsp3) is 0.583. The van der Waals surface area contributed by atoms with Crippen LogP contribution in [0.15, 0.2) is 12.4 Å². The molecule has 18 heavy (non-hydrogen) atoms. The number of carbonyl (C=O) groups excluding carboxylic acids is 1. The Kier molecular flexibility index (Phi) is 4.88. The number of carbonyl (C=O) groups is 1. The first-order valence-corrected chi connectivity index (χ1v) is 5.75. The number of aryl methyl sites for hydroxylation is 1. The van der Waals surface area contributed by atoms with Gasteiger partial charge in [0.05, 0.1) is 6.54 Å². The average molecular weight is 253 g/mol. The summed E-state index contributed by atoms with van der Waals surface area (Å²) < 4.78 is 10.3. The molecule has 0 radical (unpaired) electrons. The lowest BCUT2D eigenvalue weighted by molar-refractivity contribution is 0.0519. The van der Waals surface area contributed by atoms with Gasteiger partial charge in [-0.2, -0.15) is 0 Å². The average Bonchev–Trinajstić information content (AvgIpc) is 2.24. The summed E-state index contributed by atoms with van der Waals surface area (Å²) in [6.45, 7) is 7.96. The monoisotopic (exact) mass is 253 g/mol. The van der Waals surface area contributed by atoms with Crippen LogP contribution in [-0.2, 0) is 4.74 Å². The van der Waals surface area contributed by atoms with E-state index in [1.165, 1.54) is 0 Å². The van der Waals surface area contributed by atoms with Crippen molar-refractivity contribution >= 4 is 6.09 Å². The van der Waals surface area contributed by atoms with Gasteiger partial charge in [0, 0.05) is 12.4 Å². The molecule has 1 aromatic rings. The lowest BCUT2D eigenvalue weighted by Gasteiger charge is -2.19. The van der Waals surface area contributed by atoms with Crippen molar-refractivity contribution in [2.24, 2.45) is 0 Å². The Morgan fingerprint density at radius 3 is 2.50 bits per heavy atom. The quantitative estimate of drug-likeness (QED) is 0.826. The molecule has 0 aliphatic rings. The molecule has 6 nitrogen and oxygen atoms in total. The van der Waals surface area contributed by atoms with E-state index in [1.54, 1.807) is 12.4 Å². The van der Waals surface area contributed by atoms with Gasteiger partial charge < -0.3 is 14.8 Å². The Balaban J connectivity index is 2.19. The minimum Gasteiger partial charge on any atom is -0.462 e. The molecule has 0 atom stereocenters. The predicted molar refractivity (Wildman–Crippen MR) is 66.5 cm³/mol. The maximum Gasteiger partial charge on any atom is 0.407 e. The number of rotatable bonds is 4.